The van der Waals surface area contributed by atoms with Gasteiger partial charge in [-0.25, -0.2) is 9.59 Å². The molecule has 6 nitrogen and oxygen atoms in total. The van der Waals surface area contributed by atoms with E-state index >= 15 is 0 Å². The van der Waals surface area contributed by atoms with Gasteiger partial charge in [-0.15, -0.1) is 0 Å². The van der Waals surface area contributed by atoms with Crippen molar-refractivity contribution in [2.24, 2.45) is 0 Å². The van der Waals surface area contributed by atoms with Crippen LogP contribution in [-0.2, 0) is 25.2 Å². The van der Waals surface area contributed by atoms with E-state index in [-0.39, 0.29) is 11.1 Å². The van der Waals surface area contributed by atoms with Crippen LogP contribution in [0.4, 0.5) is 13.2 Å². The number of benzene rings is 3. The average Bonchev–Trinajstić information content (AvgIpc) is 2.93. The van der Waals surface area contributed by atoms with Crippen LogP contribution in [0.3, 0.4) is 0 Å². The molecule has 0 radical (unpaired) electrons. The summed E-state index contributed by atoms with van der Waals surface area (Å²) < 4.78 is 62.0. The van der Waals surface area contributed by atoms with E-state index < -0.39 is 23.7 Å². The lowest BCUT2D eigenvalue weighted by atomic mass is 9.94. The summed E-state index contributed by atoms with van der Waals surface area (Å²) in [6.45, 7) is 8.22. The first kappa shape index (κ1) is 28.5. The number of halogens is 3. The van der Waals surface area contributed by atoms with Gasteiger partial charge >= 0.3 is 18.1 Å². The molecule has 0 aliphatic carbocycles. The molecule has 0 aliphatic heterocycles. The second-order valence-electron chi connectivity index (χ2n) is 7.91. The molecule has 0 spiro atoms. The Bertz CT molecular complexity index is 1400. The quantitative estimate of drug-likeness (QED) is 0.151. The lowest BCUT2D eigenvalue weighted by Crippen LogP contribution is -2.07. The van der Waals surface area contributed by atoms with E-state index in [0.29, 0.717) is 28.2 Å². The minimum absolute atomic E-state index is 0.00246. The Hall–Kier alpha value is -5.05. The molecule has 0 saturated heterocycles. The van der Waals surface area contributed by atoms with Crippen molar-refractivity contribution < 1.29 is 41.7 Å². The first-order valence-corrected chi connectivity index (χ1v) is 11.3. The van der Waals surface area contributed by atoms with Crippen LogP contribution in [0.1, 0.15) is 12.5 Å². The topological polar surface area (TPSA) is 71.1 Å². The predicted octanol–water partition coefficient (Wildman–Crippen LogP) is 7.59. The van der Waals surface area contributed by atoms with Crippen molar-refractivity contribution in [1.29, 1.82) is 0 Å². The van der Waals surface area contributed by atoms with Crippen LogP contribution in [0, 0.1) is 0 Å². The standard InChI is InChI=1S/C30H23F3O6/c1-4-28(34)38-17-15-36-25-12-7-22(8-13-25)26-14-9-23(19-27(26)30(31,32)33)21-5-10-24(11-6-21)37-16-18-39-29(35)20(2)3/h4-19H,1-2H2,3H3. The van der Waals surface area contributed by atoms with Gasteiger partial charge in [0.25, 0.3) is 0 Å². The summed E-state index contributed by atoms with van der Waals surface area (Å²) >= 11 is 0. The Morgan fingerprint density at radius 2 is 1.26 bits per heavy atom. The molecule has 0 unspecified atom stereocenters. The fourth-order valence-electron chi connectivity index (χ4n) is 3.19. The van der Waals surface area contributed by atoms with Crippen molar-refractivity contribution in [2.45, 2.75) is 13.1 Å². The first-order chi connectivity index (χ1) is 18.6. The molecule has 0 amide bonds. The first-order valence-electron chi connectivity index (χ1n) is 11.3. The summed E-state index contributed by atoms with van der Waals surface area (Å²) in [5, 5.41) is 0. The molecule has 0 heterocycles. The Morgan fingerprint density at radius 1 is 0.744 bits per heavy atom. The second kappa shape index (κ2) is 13.0. The van der Waals surface area contributed by atoms with Gasteiger partial charge in [0.2, 0.25) is 0 Å². The number of alkyl halides is 3. The van der Waals surface area contributed by atoms with Crippen molar-refractivity contribution in [1.82, 2.24) is 0 Å². The maximum atomic E-state index is 14.0. The van der Waals surface area contributed by atoms with Crippen LogP contribution < -0.4 is 9.47 Å². The highest BCUT2D eigenvalue weighted by molar-refractivity contribution is 5.87. The van der Waals surface area contributed by atoms with Crippen LogP contribution in [0.2, 0.25) is 0 Å². The van der Waals surface area contributed by atoms with Crippen molar-refractivity contribution in [2.75, 3.05) is 0 Å². The van der Waals surface area contributed by atoms with Gasteiger partial charge in [0.1, 0.15) is 36.5 Å². The van der Waals surface area contributed by atoms with Gasteiger partial charge in [-0.2, -0.15) is 13.2 Å². The molecular weight excluding hydrogens is 513 g/mol. The van der Waals surface area contributed by atoms with Crippen LogP contribution in [0.5, 0.6) is 11.5 Å². The van der Waals surface area contributed by atoms with Gasteiger partial charge < -0.3 is 18.9 Å². The Labute approximate surface area is 222 Å². The van der Waals surface area contributed by atoms with Crippen molar-refractivity contribution in [3.05, 3.63) is 122 Å². The summed E-state index contributed by atoms with van der Waals surface area (Å²) in [5.41, 5.74) is 0.686. The van der Waals surface area contributed by atoms with Crippen molar-refractivity contribution >= 4 is 11.9 Å². The molecule has 0 aromatic heterocycles. The second-order valence-corrected chi connectivity index (χ2v) is 7.91. The molecule has 9 heteroatoms. The minimum Gasteiger partial charge on any atom is -0.462 e. The molecule has 39 heavy (non-hydrogen) atoms. The molecule has 0 N–H and O–H groups in total. The summed E-state index contributed by atoms with van der Waals surface area (Å²) in [4.78, 5) is 22.3. The van der Waals surface area contributed by atoms with E-state index in [4.69, 9.17) is 14.2 Å². The highest BCUT2D eigenvalue weighted by Crippen LogP contribution is 2.40. The average molecular weight is 537 g/mol. The molecule has 3 aromatic rings. The zero-order valence-corrected chi connectivity index (χ0v) is 20.7. The van der Waals surface area contributed by atoms with Crippen LogP contribution in [0.25, 0.3) is 22.3 Å². The Morgan fingerprint density at radius 3 is 1.77 bits per heavy atom. The van der Waals surface area contributed by atoms with Gasteiger partial charge in [-0.1, -0.05) is 49.6 Å². The molecule has 200 valence electrons. The van der Waals surface area contributed by atoms with Gasteiger partial charge in [0.05, 0.1) is 5.56 Å². The summed E-state index contributed by atoms with van der Waals surface area (Å²) in [6.07, 6.45) is 0.755. The van der Waals surface area contributed by atoms with Gasteiger partial charge in [-0.3, -0.25) is 0 Å². The maximum absolute atomic E-state index is 14.0. The number of carbonyl (C=O) groups is 2. The predicted molar refractivity (Wildman–Crippen MR) is 139 cm³/mol. The van der Waals surface area contributed by atoms with Gasteiger partial charge in [-0.05, 0) is 59.5 Å². The van der Waals surface area contributed by atoms with E-state index in [1.807, 2.05) is 0 Å². The molecule has 3 rings (SSSR count). The summed E-state index contributed by atoms with van der Waals surface area (Å²) in [7, 11) is 0. The molecule has 0 bridgehead atoms. The monoisotopic (exact) mass is 536 g/mol. The van der Waals surface area contributed by atoms with Crippen molar-refractivity contribution in [3.8, 4) is 33.8 Å². The number of ether oxygens (including phenoxy) is 4. The van der Waals surface area contributed by atoms with E-state index in [1.165, 1.54) is 37.3 Å². The zero-order valence-electron chi connectivity index (χ0n) is 20.7. The normalized spacial score (nSPS) is 11.3. The third-order valence-electron chi connectivity index (χ3n) is 5.07. The van der Waals surface area contributed by atoms with E-state index in [9.17, 15) is 22.8 Å². The highest BCUT2D eigenvalue weighted by Gasteiger charge is 2.34. The summed E-state index contributed by atoms with van der Waals surface area (Å²) in [5.74, 6) is -0.529. The lowest BCUT2D eigenvalue weighted by Gasteiger charge is -2.15. The van der Waals surface area contributed by atoms with Crippen LogP contribution in [-0.4, -0.2) is 11.9 Å². The third-order valence-corrected chi connectivity index (χ3v) is 5.07. The Kier molecular flexibility index (Phi) is 9.48. The van der Waals surface area contributed by atoms with E-state index in [0.717, 1.165) is 37.2 Å². The molecule has 0 saturated carbocycles. The Balaban J connectivity index is 1.75. The SMILES string of the molecule is C=CC(=O)OC=COc1ccc(-c2ccc(-c3ccc(OC=COC(=O)C(=C)C)cc3)cc2C(F)(F)F)cc1. The van der Waals surface area contributed by atoms with Crippen LogP contribution in [0.15, 0.2) is 117 Å². The number of rotatable bonds is 10. The summed E-state index contributed by atoms with van der Waals surface area (Å²) in [6, 6.07) is 16.5. The number of esters is 2. The molecule has 0 aliphatic rings. The smallest absolute Gasteiger partial charge is 0.417 e. The number of hydrogen-bond acceptors (Lipinski definition) is 6. The third kappa shape index (κ3) is 8.22. The molecule has 3 aromatic carbocycles. The number of hydrogen-bond donors (Lipinski definition) is 0. The molecule has 0 atom stereocenters. The van der Waals surface area contributed by atoms with E-state index in [1.54, 1.807) is 30.3 Å². The van der Waals surface area contributed by atoms with E-state index in [2.05, 4.69) is 17.9 Å². The lowest BCUT2D eigenvalue weighted by molar-refractivity contribution is -0.137. The van der Waals surface area contributed by atoms with Gasteiger partial charge in [0.15, 0.2) is 0 Å². The largest absolute Gasteiger partial charge is 0.462 e. The minimum atomic E-state index is -4.60. The number of carbonyl (C=O) groups excluding carboxylic acids is 2. The van der Waals surface area contributed by atoms with Crippen molar-refractivity contribution in [3.63, 3.8) is 0 Å². The maximum Gasteiger partial charge on any atom is 0.417 e. The van der Waals surface area contributed by atoms with Crippen LogP contribution >= 0.6 is 0 Å². The molecular formula is C30H23F3O6. The highest BCUT2D eigenvalue weighted by atomic mass is 19.4. The fourth-order valence-corrected chi connectivity index (χ4v) is 3.19. The fraction of sp³-hybridized carbons (Fsp3) is 0.0667. The molecule has 0 fully saturated rings. The van der Waals surface area contributed by atoms with Gasteiger partial charge in [0, 0.05) is 11.6 Å². The zero-order chi connectivity index (χ0) is 28.4.